The van der Waals surface area contributed by atoms with E-state index in [2.05, 4.69) is 40.4 Å². The number of hydrogen-bond donors (Lipinski definition) is 1. The summed E-state index contributed by atoms with van der Waals surface area (Å²) in [6.45, 7) is 4.39. The summed E-state index contributed by atoms with van der Waals surface area (Å²) in [6.07, 6.45) is 4.02. The number of nitrogens with one attached hydrogen (secondary N) is 1. The molecular formula is C14H17N3. The van der Waals surface area contributed by atoms with Crippen LogP contribution in [0.15, 0.2) is 24.5 Å². The molecule has 0 saturated carbocycles. The first-order valence-corrected chi connectivity index (χ1v) is 6.24. The van der Waals surface area contributed by atoms with E-state index in [9.17, 15) is 0 Å². The van der Waals surface area contributed by atoms with Gasteiger partial charge in [0.05, 0.1) is 11.2 Å². The lowest BCUT2D eigenvalue weighted by Gasteiger charge is -2.10. The molecule has 17 heavy (non-hydrogen) atoms. The predicted molar refractivity (Wildman–Crippen MR) is 69.0 cm³/mol. The van der Waals surface area contributed by atoms with E-state index in [1.165, 1.54) is 23.1 Å². The molecule has 1 saturated heterocycles. The summed E-state index contributed by atoms with van der Waals surface area (Å²) in [4.78, 5) is 8.80. The van der Waals surface area contributed by atoms with E-state index in [1.54, 1.807) is 6.33 Å². The molecule has 0 radical (unpaired) electrons. The van der Waals surface area contributed by atoms with E-state index in [0.717, 1.165) is 30.9 Å². The van der Waals surface area contributed by atoms with Crippen molar-refractivity contribution in [2.45, 2.75) is 19.8 Å². The zero-order chi connectivity index (χ0) is 11.7. The lowest BCUT2D eigenvalue weighted by molar-refractivity contribution is 0.574. The fourth-order valence-corrected chi connectivity index (χ4v) is 2.55. The lowest BCUT2D eigenvalue weighted by Crippen LogP contribution is -2.11. The number of rotatable bonds is 2. The fourth-order valence-electron chi connectivity index (χ4n) is 2.55. The van der Waals surface area contributed by atoms with Gasteiger partial charge in [0.2, 0.25) is 0 Å². The maximum atomic E-state index is 4.47. The Bertz CT molecular complexity index is 530. The van der Waals surface area contributed by atoms with Crippen LogP contribution in [0.4, 0.5) is 0 Å². The molecule has 1 aliphatic heterocycles. The lowest BCUT2D eigenvalue weighted by atomic mass is 9.99. The van der Waals surface area contributed by atoms with Crippen LogP contribution in [0.1, 0.15) is 17.7 Å². The Morgan fingerprint density at radius 1 is 1.35 bits per heavy atom. The van der Waals surface area contributed by atoms with E-state index < -0.39 is 0 Å². The molecule has 1 unspecified atom stereocenters. The van der Waals surface area contributed by atoms with Crippen LogP contribution in [-0.2, 0) is 6.42 Å². The summed E-state index contributed by atoms with van der Waals surface area (Å²) in [5.74, 6) is 0.730. The molecule has 1 aliphatic rings. The molecule has 0 amide bonds. The van der Waals surface area contributed by atoms with Crippen LogP contribution in [0.2, 0.25) is 0 Å². The van der Waals surface area contributed by atoms with Gasteiger partial charge in [0.1, 0.15) is 6.33 Å². The van der Waals surface area contributed by atoms with Gasteiger partial charge in [-0.2, -0.15) is 0 Å². The second kappa shape index (κ2) is 4.41. The number of fused-ring (bicyclic) bond motifs is 1. The van der Waals surface area contributed by atoms with Crippen molar-refractivity contribution in [1.82, 2.24) is 15.3 Å². The molecular weight excluding hydrogens is 210 g/mol. The fraction of sp³-hybridized carbons (Fsp3) is 0.429. The highest BCUT2D eigenvalue weighted by Crippen LogP contribution is 2.21. The van der Waals surface area contributed by atoms with Crippen molar-refractivity contribution in [3.63, 3.8) is 0 Å². The number of benzene rings is 1. The van der Waals surface area contributed by atoms with Crippen LogP contribution in [0.25, 0.3) is 10.9 Å². The molecule has 1 aromatic heterocycles. The highest BCUT2D eigenvalue weighted by Gasteiger charge is 2.16. The highest BCUT2D eigenvalue weighted by molar-refractivity contribution is 5.81. The molecule has 1 aromatic carbocycles. The van der Waals surface area contributed by atoms with Gasteiger partial charge in [-0.15, -0.1) is 0 Å². The summed E-state index contributed by atoms with van der Waals surface area (Å²) in [5.41, 5.74) is 3.54. The number of hydrogen-bond acceptors (Lipinski definition) is 3. The average Bonchev–Trinajstić information content (AvgIpc) is 2.83. The molecule has 3 rings (SSSR count). The van der Waals surface area contributed by atoms with E-state index in [1.807, 2.05) is 0 Å². The second-order valence-electron chi connectivity index (χ2n) is 4.90. The molecule has 0 spiro atoms. The maximum absolute atomic E-state index is 4.47. The van der Waals surface area contributed by atoms with Crippen molar-refractivity contribution >= 4 is 10.9 Å². The number of aryl methyl sites for hydroxylation is 1. The van der Waals surface area contributed by atoms with Gasteiger partial charge < -0.3 is 5.32 Å². The minimum absolute atomic E-state index is 0.730. The van der Waals surface area contributed by atoms with Crippen molar-refractivity contribution in [2.75, 3.05) is 13.1 Å². The van der Waals surface area contributed by atoms with Gasteiger partial charge in [-0.25, -0.2) is 9.97 Å². The smallest absolute Gasteiger partial charge is 0.116 e. The topological polar surface area (TPSA) is 37.8 Å². The molecule has 3 heteroatoms. The van der Waals surface area contributed by atoms with Crippen LogP contribution in [-0.4, -0.2) is 23.1 Å². The van der Waals surface area contributed by atoms with Gasteiger partial charge in [0.15, 0.2) is 0 Å². The summed E-state index contributed by atoms with van der Waals surface area (Å²) < 4.78 is 0. The SMILES string of the molecule is Cc1ccc2ncnc(CC3CCNC3)c2c1. The Kier molecular flexibility index (Phi) is 2.77. The Labute approximate surface area is 101 Å². The Balaban J connectivity index is 1.99. The van der Waals surface area contributed by atoms with Gasteiger partial charge >= 0.3 is 0 Å². The maximum Gasteiger partial charge on any atom is 0.116 e. The summed E-state index contributed by atoms with van der Waals surface area (Å²) in [7, 11) is 0. The summed E-state index contributed by atoms with van der Waals surface area (Å²) >= 11 is 0. The van der Waals surface area contributed by atoms with E-state index in [-0.39, 0.29) is 0 Å². The molecule has 1 N–H and O–H groups in total. The first-order valence-electron chi connectivity index (χ1n) is 6.24. The zero-order valence-corrected chi connectivity index (χ0v) is 10.1. The first kappa shape index (κ1) is 10.7. The molecule has 3 nitrogen and oxygen atoms in total. The third kappa shape index (κ3) is 2.15. The van der Waals surface area contributed by atoms with Crippen molar-refractivity contribution in [3.05, 3.63) is 35.8 Å². The second-order valence-corrected chi connectivity index (χ2v) is 4.90. The van der Waals surface area contributed by atoms with Crippen LogP contribution >= 0.6 is 0 Å². The Morgan fingerprint density at radius 2 is 2.29 bits per heavy atom. The molecule has 0 bridgehead atoms. The van der Waals surface area contributed by atoms with Crippen LogP contribution < -0.4 is 5.32 Å². The number of nitrogens with zero attached hydrogens (tertiary/aromatic N) is 2. The minimum Gasteiger partial charge on any atom is -0.316 e. The predicted octanol–water partition coefficient (Wildman–Crippen LogP) is 2.09. The van der Waals surface area contributed by atoms with Crippen LogP contribution in [0.3, 0.4) is 0 Å². The van der Waals surface area contributed by atoms with Gasteiger partial charge in [0, 0.05) is 5.39 Å². The largest absolute Gasteiger partial charge is 0.316 e. The minimum atomic E-state index is 0.730. The van der Waals surface area contributed by atoms with E-state index in [4.69, 9.17) is 0 Å². The van der Waals surface area contributed by atoms with Crippen molar-refractivity contribution in [2.24, 2.45) is 5.92 Å². The van der Waals surface area contributed by atoms with Gasteiger partial charge in [-0.3, -0.25) is 0 Å². The quantitative estimate of drug-likeness (QED) is 0.853. The molecule has 88 valence electrons. The molecule has 0 aliphatic carbocycles. The van der Waals surface area contributed by atoms with Crippen molar-refractivity contribution in [1.29, 1.82) is 0 Å². The summed E-state index contributed by atoms with van der Waals surface area (Å²) in [5, 5.41) is 4.63. The average molecular weight is 227 g/mol. The van der Waals surface area contributed by atoms with E-state index in [0.29, 0.717) is 0 Å². The highest BCUT2D eigenvalue weighted by atomic mass is 14.9. The van der Waals surface area contributed by atoms with Gasteiger partial charge in [0.25, 0.3) is 0 Å². The normalized spacial score (nSPS) is 19.9. The standard InChI is InChI=1S/C14H17N3/c1-10-2-3-13-12(6-10)14(17-9-16-13)7-11-4-5-15-8-11/h2-3,6,9,11,15H,4-5,7-8H2,1H3. The van der Waals surface area contributed by atoms with Crippen LogP contribution in [0, 0.1) is 12.8 Å². The van der Waals surface area contributed by atoms with Gasteiger partial charge in [-0.05, 0) is 50.9 Å². The third-order valence-corrected chi connectivity index (χ3v) is 3.52. The van der Waals surface area contributed by atoms with Crippen molar-refractivity contribution < 1.29 is 0 Å². The van der Waals surface area contributed by atoms with Crippen molar-refractivity contribution in [3.8, 4) is 0 Å². The zero-order valence-electron chi connectivity index (χ0n) is 10.1. The Morgan fingerprint density at radius 3 is 3.12 bits per heavy atom. The van der Waals surface area contributed by atoms with Crippen LogP contribution in [0.5, 0.6) is 0 Å². The monoisotopic (exact) mass is 227 g/mol. The molecule has 1 atom stereocenters. The van der Waals surface area contributed by atoms with Gasteiger partial charge in [-0.1, -0.05) is 11.6 Å². The Hall–Kier alpha value is -1.48. The molecule has 1 fully saturated rings. The van der Waals surface area contributed by atoms with E-state index >= 15 is 0 Å². The third-order valence-electron chi connectivity index (χ3n) is 3.52. The first-order chi connectivity index (χ1) is 8.33. The molecule has 2 aromatic rings. The number of aromatic nitrogens is 2. The molecule has 2 heterocycles. The summed E-state index contributed by atoms with van der Waals surface area (Å²) in [6, 6.07) is 6.39.